The number of carbonyl (C=O) groups excluding carboxylic acids is 1. The van der Waals surface area contributed by atoms with Crippen LogP contribution in [0.1, 0.15) is 27.0 Å². The monoisotopic (exact) mass is 625 g/mol. The van der Waals surface area contributed by atoms with E-state index in [1.807, 2.05) is 18.2 Å². The van der Waals surface area contributed by atoms with Gasteiger partial charge in [-0.2, -0.15) is 5.26 Å². The van der Waals surface area contributed by atoms with Gasteiger partial charge in [0.1, 0.15) is 6.61 Å². The Labute approximate surface area is 231 Å². The Morgan fingerprint density at radius 2 is 2.00 bits per heavy atom. The lowest BCUT2D eigenvalue weighted by atomic mass is 10.1. The molecule has 0 aliphatic carbocycles. The van der Waals surface area contributed by atoms with Crippen LogP contribution in [0.25, 0.3) is 6.08 Å². The number of aromatic carboxylic acids is 1. The summed E-state index contributed by atoms with van der Waals surface area (Å²) in [5, 5.41) is 19.0. The third kappa shape index (κ3) is 5.95. The average molecular weight is 625 g/mol. The van der Waals surface area contributed by atoms with Gasteiger partial charge in [0.15, 0.2) is 16.7 Å². The van der Waals surface area contributed by atoms with Crippen LogP contribution in [0, 0.1) is 14.9 Å². The van der Waals surface area contributed by atoms with E-state index in [0.29, 0.717) is 32.8 Å². The van der Waals surface area contributed by atoms with Crippen molar-refractivity contribution in [1.82, 2.24) is 4.90 Å². The Balaban J connectivity index is 1.58. The maximum atomic E-state index is 12.9. The molecule has 0 bridgehead atoms. The van der Waals surface area contributed by atoms with E-state index in [1.165, 1.54) is 35.9 Å². The molecule has 3 aromatic rings. The third-order valence-electron chi connectivity index (χ3n) is 5.38. The number of likely N-dealkylation sites (N-methyl/N-ethyl adjacent to an activating group) is 1. The van der Waals surface area contributed by atoms with Crippen LogP contribution >= 0.6 is 34.4 Å². The van der Waals surface area contributed by atoms with Gasteiger partial charge in [-0.25, -0.2) is 9.79 Å². The molecule has 0 unspecified atom stereocenters. The first-order valence-corrected chi connectivity index (χ1v) is 12.8. The minimum Gasteiger partial charge on any atom is -0.493 e. The summed E-state index contributed by atoms with van der Waals surface area (Å²) in [5.74, 6) is -0.227. The van der Waals surface area contributed by atoms with Crippen molar-refractivity contribution < 1.29 is 24.2 Å². The molecule has 10 heteroatoms. The molecule has 37 heavy (non-hydrogen) atoms. The number of amidine groups is 1. The van der Waals surface area contributed by atoms with Gasteiger partial charge in [-0.05, 0) is 82.4 Å². The highest BCUT2D eigenvalue weighted by molar-refractivity contribution is 14.1. The van der Waals surface area contributed by atoms with Gasteiger partial charge in [-0.1, -0.05) is 24.3 Å². The molecule has 1 saturated heterocycles. The fraction of sp³-hybridized carbons (Fsp3) is 0.111. The maximum absolute atomic E-state index is 12.9. The topological polar surface area (TPSA) is 112 Å². The SMILES string of the molecule is COc1cc(/C=C2\SC(=Nc3cccc(C(=O)O)c3)N(C)C2=O)cc(I)c1OCc1ccccc1C#N. The molecule has 1 N–H and O–H groups in total. The molecule has 0 saturated carbocycles. The number of ether oxygens (including phenoxy) is 2. The average Bonchev–Trinajstić information content (AvgIpc) is 3.15. The van der Waals surface area contributed by atoms with Gasteiger partial charge in [-0.15, -0.1) is 0 Å². The first kappa shape index (κ1) is 26.2. The van der Waals surface area contributed by atoms with Gasteiger partial charge in [0.2, 0.25) is 0 Å². The standard InChI is InChI=1S/C27H20IN3O5S/c1-31-25(32)23(37-27(31)30-20-9-5-8-17(13-20)26(33)34)12-16-10-21(28)24(22(11-16)35-2)36-15-19-7-4-3-6-18(19)14-29/h3-13H,15H2,1-2H3,(H,33,34)/b23-12-,30-27?. The highest BCUT2D eigenvalue weighted by Crippen LogP contribution is 2.38. The van der Waals surface area contributed by atoms with Crippen molar-refractivity contribution in [2.24, 2.45) is 4.99 Å². The number of nitrogens with zero attached hydrogens (tertiary/aromatic N) is 3. The predicted molar refractivity (Wildman–Crippen MR) is 150 cm³/mol. The number of nitriles is 1. The van der Waals surface area contributed by atoms with Gasteiger partial charge in [0, 0.05) is 12.6 Å². The van der Waals surface area contributed by atoms with Crippen molar-refractivity contribution in [1.29, 1.82) is 5.26 Å². The summed E-state index contributed by atoms with van der Waals surface area (Å²) in [5.41, 5.74) is 2.62. The number of benzene rings is 3. The molecule has 1 aliphatic heterocycles. The molecule has 0 atom stereocenters. The van der Waals surface area contributed by atoms with Crippen LogP contribution in [0.5, 0.6) is 11.5 Å². The van der Waals surface area contributed by atoms with E-state index in [0.717, 1.165) is 14.7 Å². The molecular formula is C27H20IN3O5S. The van der Waals surface area contributed by atoms with Crippen molar-refractivity contribution in [3.63, 3.8) is 0 Å². The number of carbonyl (C=O) groups is 2. The smallest absolute Gasteiger partial charge is 0.335 e. The van der Waals surface area contributed by atoms with E-state index in [2.05, 4.69) is 33.7 Å². The number of halogens is 1. The van der Waals surface area contributed by atoms with Crippen molar-refractivity contribution in [2.75, 3.05) is 14.2 Å². The second kappa shape index (κ2) is 11.5. The van der Waals surface area contributed by atoms with Crippen LogP contribution in [0.15, 0.2) is 70.6 Å². The summed E-state index contributed by atoms with van der Waals surface area (Å²) in [7, 11) is 3.16. The second-order valence-corrected chi connectivity index (χ2v) is 9.99. The molecular weight excluding hydrogens is 605 g/mol. The third-order valence-corrected chi connectivity index (χ3v) is 7.24. The van der Waals surface area contributed by atoms with Crippen LogP contribution in [-0.2, 0) is 11.4 Å². The number of methoxy groups -OCH3 is 1. The Hall–Kier alpha value is -3.82. The molecule has 3 aromatic carbocycles. The summed E-state index contributed by atoms with van der Waals surface area (Å²) >= 11 is 3.35. The zero-order valence-electron chi connectivity index (χ0n) is 19.8. The van der Waals surface area contributed by atoms with Gasteiger partial charge in [0.25, 0.3) is 5.91 Å². The van der Waals surface area contributed by atoms with Gasteiger partial charge >= 0.3 is 5.97 Å². The zero-order chi connectivity index (χ0) is 26.5. The van der Waals surface area contributed by atoms with Crippen molar-refractivity contribution >= 4 is 63.2 Å². The minimum atomic E-state index is -1.05. The Morgan fingerprint density at radius 3 is 2.73 bits per heavy atom. The van der Waals surface area contributed by atoms with Crippen LogP contribution in [0.3, 0.4) is 0 Å². The summed E-state index contributed by atoms with van der Waals surface area (Å²) in [6.07, 6.45) is 1.75. The quantitative estimate of drug-likeness (QED) is 0.266. The molecule has 186 valence electrons. The zero-order valence-corrected chi connectivity index (χ0v) is 22.7. The molecule has 4 rings (SSSR count). The number of hydrogen-bond donors (Lipinski definition) is 1. The van der Waals surface area contributed by atoms with E-state index in [-0.39, 0.29) is 18.1 Å². The van der Waals surface area contributed by atoms with E-state index in [4.69, 9.17) is 9.47 Å². The van der Waals surface area contributed by atoms with Crippen molar-refractivity contribution in [2.45, 2.75) is 6.61 Å². The van der Waals surface area contributed by atoms with E-state index < -0.39 is 5.97 Å². The number of aliphatic imine (C=N–C) groups is 1. The summed E-state index contributed by atoms with van der Waals surface area (Å²) < 4.78 is 12.4. The fourth-order valence-electron chi connectivity index (χ4n) is 3.49. The van der Waals surface area contributed by atoms with E-state index >= 15 is 0 Å². The van der Waals surface area contributed by atoms with E-state index in [1.54, 1.807) is 43.5 Å². The predicted octanol–water partition coefficient (Wildman–Crippen LogP) is 5.68. The number of carboxylic acid groups (broad SMARTS) is 1. The number of rotatable bonds is 7. The summed E-state index contributed by atoms with van der Waals surface area (Å²) in [6.45, 7) is 0.207. The van der Waals surface area contributed by atoms with Crippen LogP contribution in [0.4, 0.5) is 5.69 Å². The van der Waals surface area contributed by atoms with Crippen LogP contribution < -0.4 is 9.47 Å². The largest absolute Gasteiger partial charge is 0.493 e. The lowest BCUT2D eigenvalue weighted by Gasteiger charge is -2.14. The highest BCUT2D eigenvalue weighted by Gasteiger charge is 2.30. The first-order chi connectivity index (χ1) is 17.8. The van der Waals surface area contributed by atoms with Crippen molar-refractivity contribution in [3.05, 3.63) is 91.4 Å². The summed E-state index contributed by atoms with van der Waals surface area (Å²) in [6, 6.07) is 19.3. The number of carboxylic acids is 1. The van der Waals surface area contributed by atoms with Gasteiger partial charge in [0.05, 0.1) is 38.5 Å². The summed E-state index contributed by atoms with van der Waals surface area (Å²) in [4.78, 5) is 30.5. The first-order valence-electron chi connectivity index (χ1n) is 10.9. The molecule has 0 radical (unpaired) electrons. The molecule has 8 nitrogen and oxygen atoms in total. The van der Waals surface area contributed by atoms with Crippen molar-refractivity contribution in [3.8, 4) is 17.6 Å². The van der Waals surface area contributed by atoms with Crippen LogP contribution in [0.2, 0.25) is 0 Å². The van der Waals surface area contributed by atoms with Gasteiger partial charge < -0.3 is 14.6 Å². The number of thioether (sulfide) groups is 1. The molecule has 0 spiro atoms. The molecule has 1 heterocycles. The number of amides is 1. The van der Waals surface area contributed by atoms with Gasteiger partial charge in [-0.3, -0.25) is 9.69 Å². The Kier molecular flexibility index (Phi) is 8.15. The maximum Gasteiger partial charge on any atom is 0.335 e. The van der Waals surface area contributed by atoms with Crippen LogP contribution in [-0.4, -0.2) is 41.2 Å². The normalized spacial score (nSPS) is 15.2. The minimum absolute atomic E-state index is 0.120. The lowest BCUT2D eigenvalue weighted by Crippen LogP contribution is -2.23. The fourth-order valence-corrected chi connectivity index (χ4v) is 5.26. The lowest BCUT2D eigenvalue weighted by molar-refractivity contribution is -0.121. The molecule has 0 aromatic heterocycles. The Morgan fingerprint density at radius 1 is 1.22 bits per heavy atom. The van der Waals surface area contributed by atoms with E-state index in [9.17, 15) is 20.0 Å². The molecule has 1 aliphatic rings. The highest BCUT2D eigenvalue weighted by atomic mass is 127. The molecule has 1 fully saturated rings. The number of hydrogen-bond acceptors (Lipinski definition) is 7. The molecule has 1 amide bonds. The Bertz CT molecular complexity index is 1500. The second-order valence-electron chi connectivity index (χ2n) is 7.82.